The van der Waals surface area contributed by atoms with E-state index < -0.39 is 35.5 Å². The van der Waals surface area contributed by atoms with Crippen LogP contribution in [0.25, 0.3) is 0 Å². The van der Waals surface area contributed by atoms with Gasteiger partial charge in [-0.15, -0.1) is 0 Å². The Morgan fingerprint density at radius 2 is 1.86 bits per heavy atom. The van der Waals surface area contributed by atoms with Gasteiger partial charge in [-0.3, -0.25) is 34.3 Å². The van der Waals surface area contributed by atoms with Crippen molar-refractivity contribution in [3.05, 3.63) is 34.9 Å². The molecule has 4 amide bonds. The summed E-state index contributed by atoms with van der Waals surface area (Å²) in [5, 5.41) is 1.02. The molecule has 1 aromatic rings. The number of nitrogens with one attached hydrogen (secondary N) is 1. The number of hydrazine groups is 1. The second kappa shape index (κ2) is 8.39. The second-order valence-corrected chi connectivity index (χ2v) is 6.74. The topological polar surface area (TPSA) is 122 Å². The lowest BCUT2D eigenvalue weighted by Gasteiger charge is -2.31. The molecule has 29 heavy (non-hydrogen) atoms. The lowest BCUT2D eigenvalue weighted by Crippen LogP contribution is -2.54. The SMILES string of the molecule is COCCCN1C(=O)c2ccc(C(=O)N3CC(C(=O)OC)CC(=O)N3)cc2C1=O. The maximum absolute atomic E-state index is 12.8. The van der Waals surface area contributed by atoms with Gasteiger partial charge in [-0.2, -0.15) is 0 Å². The number of rotatable bonds is 6. The molecule has 1 fully saturated rings. The summed E-state index contributed by atoms with van der Waals surface area (Å²) in [6, 6.07) is 4.17. The number of esters is 1. The van der Waals surface area contributed by atoms with Gasteiger partial charge in [-0.25, -0.2) is 5.01 Å². The normalized spacial score (nSPS) is 18.6. The minimum absolute atomic E-state index is 0.0512. The molecule has 2 aliphatic rings. The van der Waals surface area contributed by atoms with Crippen molar-refractivity contribution in [3.63, 3.8) is 0 Å². The number of hydrogen-bond acceptors (Lipinski definition) is 7. The maximum atomic E-state index is 12.8. The first kappa shape index (κ1) is 20.5. The Hall–Kier alpha value is -3.27. The number of methoxy groups -OCH3 is 2. The molecule has 3 rings (SSSR count). The minimum Gasteiger partial charge on any atom is -0.469 e. The summed E-state index contributed by atoms with van der Waals surface area (Å²) in [5.74, 6) is -3.33. The van der Waals surface area contributed by atoms with Crippen LogP contribution in [0.2, 0.25) is 0 Å². The van der Waals surface area contributed by atoms with Crippen molar-refractivity contribution in [2.75, 3.05) is 33.9 Å². The second-order valence-electron chi connectivity index (χ2n) is 6.74. The molecule has 10 nitrogen and oxygen atoms in total. The molecule has 10 heteroatoms. The van der Waals surface area contributed by atoms with Gasteiger partial charge < -0.3 is 9.47 Å². The molecule has 154 valence electrons. The number of amides is 4. The third kappa shape index (κ3) is 3.97. The number of hydrogen-bond donors (Lipinski definition) is 1. The van der Waals surface area contributed by atoms with E-state index in [-0.39, 0.29) is 36.2 Å². The van der Waals surface area contributed by atoms with Crippen LogP contribution in [-0.4, -0.2) is 73.4 Å². The number of carbonyl (C=O) groups excluding carboxylic acids is 5. The van der Waals surface area contributed by atoms with E-state index in [4.69, 9.17) is 4.74 Å². The molecular formula is C19H21N3O7. The highest BCUT2D eigenvalue weighted by Gasteiger charge is 2.37. The molecule has 1 saturated heterocycles. The van der Waals surface area contributed by atoms with Crippen molar-refractivity contribution in [2.45, 2.75) is 12.8 Å². The van der Waals surface area contributed by atoms with E-state index in [1.54, 1.807) is 0 Å². The van der Waals surface area contributed by atoms with Gasteiger partial charge in [0.2, 0.25) is 5.91 Å². The van der Waals surface area contributed by atoms with Crippen LogP contribution in [0.5, 0.6) is 0 Å². The van der Waals surface area contributed by atoms with Crippen LogP contribution in [0.4, 0.5) is 0 Å². The molecule has 2 aliphatic heterocycles. The maximum Gasteiger partial charge on any atom is 0.311 e. The molecule has 0 bridgehead atoms. The molecule has 1 aromatic carbocycles. The summed E-state index contributed by atoms with van der Waals surface area (Å²) in [7, 11) is 2.74. The van der Waals surface area contributed by atoms with Crippen molar-refractivity contribution in [1.29, 1.82) is 0 Å². The van der Waals surface area contributed by atoms with Crippen LogP contribution in [0.3, 0.4) is 0 Å². The zero-order valence-corrected chi connectivity index (χ0v) is 16.1. The molecule has 1 unspecified atom stereocenters. The van der Waals surface area contributed by atoms with Crippen molar-refractivity contribution in [2.24, 2.45) is 5.92 Å². The Labute approximate surface area is 166 Å². The Morgan fingerprint density at radius 3 is 2.55 bits per heavy atom. The van der Waals surface area contributed by atoms with E-state index in [9.17, 15) is 24.0 Å². The molecule has 0 aromatic heterocycles. The van der Waals surface area contributed by atoms with Crippen LogP contribution in [-0.2, 0) is 19.1 Å². The third-order valence-corrected chi connectivity index (χ3v) is 4.82. The average molecular weight is 403 g/mol. The summed E-state index contributed by atoms with van der Waals surface area (Å²) in [6.07, 6.45) is 0.423. The monoisotopic (exact) mass is 403 g/mol. The highest BCUT2D eigenvalue weighted by Crippen LogP contribution is 2.25. The molecule has 0 saturated carbocycles. The Kier molecular flexibility index (Phi) is 5.92. The summed E-state index contributed by atoms with van der Waals surface area (Å²) in [6.45, 7) is 0.573. The number of benzene rings is 1. The lowest BCUT2D eigenvalue weighted by molar-refractivity contribution is -0.151. The standard InChI is InChI=1S/C19H21N3O7/c1-28-7-3-6-21-17(25)13-5-4-11(8-14(13)18(21)26)16(24)22-10-12(19(27)29-2)9-15(23)20-22/h4-5,8,12H,3,6-7,9-10H2,1-2H3,(H,20,23). The molecule has 1 atom stereocenters. The van der Waals surface area contributed by atoms with Crippen LogP contribution in [0, 0.1) is 5.92 Å². The molecule has 0 aliphatic carbocycles. The zero-order valence-electron chi connectivity index (χ0n) is 16.1. The molecule has 0 spiro atoms. The van der Waals surface area contributed by atoms with E-state index >= 15 is 0 Å². The highest BCUT2D eigenvalue weighted by molar-refractivity contribution is 6.22. The number of nitrogens with zero attached hydrogens (tertiary/aromatic N) is 2. The predicted molar refractivity (Wildman–Crippen MR) is 97.6 cm³/mol. The largest absolute Gasteiger partial charge is 0.469 e. The van der Waals surface area contributed by atoms with Crippen molar-refractivity contribution in [3.8, 4) is 0 Å². The van der Waals surface area contributed by atoms with Crippen LogP contribution >= 0.6 is 0 Å². The fraction of sp³-hybridized carbons (Fsp3) is 0.421. The van der Waals surface area contributed by atoms with E-state index in [1.807, 2.05) is 0 Å². The van der Waals surface area contributed by atoms with E-state index in [0.717, 1.165) is 9.91 Å². The number of carbonyl (C=O) groups is 5. The van der Waals surface area contributed by atoms with E-state index in [0.29, 0.717) is 13.0 Å². The quantitative estimate of drug-likeness (QED) is 0.402. The average Bonchev–Trinajstić information content (AvgIpc) is 2.96. The van der Waals surface area contributed by atoms with Gasteiger partial charge in [0.05, 0.1) is 30.7 Å². The van der Waals surface area contributed by atoms with Crippen LogP contribution in [0.1, 0.15) is 43.9 Å². The first-order chi connectivity index (χ1) is 13.9. The number of fused-ring (bicyclic) bond motifs is 1. The minimum atomic E-state index is -0.772. The first-order valence-electron chi connectivity index (χ1n) is 9.05. The van der Waals surface area contributed by atoms with Gasteiger partial charge in [0.25, 0.3) is 17.7 Å². The van der Waals surface area contributed by atoms with E-state index in [1.165, 1.54) is 32.4 Å². The summed E-state index contributed by atoms with van der Waals surface area (Å²) in [5.41, 5.74) is 2.89. The van der Waals surface area contributed by atoms with E-state index in [2.05, 4.69) is 10.2 Å². The fourth-order valence-corrected chi connectivity index (χ4v) is 3.36. The van der Waals surface area contributed by atoms with Crippen molar-refractivity contribution in [1.82, 2.24) is 15.3 Å². The van der Waals surface area contributed by atoms with Crippen LogP contribution < -0.4 is 5.43 Å². The first-order valence-corrected chi connectivity index (χ1v) is 9.05. The fourth-order valence-electron chi connectivity index (χ4n) is 3.36. The molecule has 2 heterocycles. The molecule has 0 radical (unpaired) electrons. The predicted octanol–water partition coefficient (Wildman–Crippen LogP) is -0.0146. The summed E-state index contributed by atoms with van der Waals surface area (Å²) >= 11 is 0. The summed E-state index contributed by atoms with van der Waals surface area (Å²) in [4.78, 5) is 62.6. The van der Waals surface area contributed by atoms with Gasteiger partial charge in [0, 0.05) is 32.2 Å². The van der Waals surface area contributed by atoms with Gasteiger partial charge >= 0.3 is 5.97 Å². The van der Waals surface area contributed by atoms with Gasteiger partial charge in [-0.1, -0.05) is 0 Å². The highest BCUT2D eigenvalue weighted by atomic mass is 16.5. The zero-order chi connectivity index (χ0) is 21.1. The lowest BCUT2D eigenvalue weighted by atomic mass is 10.0. The number of ether oxygens (including phenoxy) is 2. The molecule has 1 N–H and O–H groups in total. The van der Waals surface area contributed by atoms with Gasteiger partial charge in [0.15, 0.2) is 0 Å². The Morgan fingerprint density at radius 1 is 1.14 bits per heavy atom. The van der Waals surface area contributed by atoms with Gasteiger partial charge in [0.1, 0.15) is 0 Å². The third-order valence-electron chi connectivity index (χ3n) is 4.82. The Balaban J connectivity index is 1.79. The molecular weight excluding hydrogens is 382 g/mol. The summed E-state index contributed by atoms with van der Waals surface area (Å²) < 4.78 is 9.60. The Bertz CT molecular complexity index is 883. The number of imide groups is 1. The van der Waals surface area contributed by atoms with Crippen molar-refractivity contribution < 1.29 is 33.4 Å². The smallest absolute Gasteiger partial charge is 0.311 e. The van der Waals surface area contributed by atoms with Crippen molar-refractivity contribution >= 4 is 29.6 Å². The van der Waals surface area contributed by atoms with Crippen LogP contribution in [0.15, 0.2) is 18.2 Å². The van der Waals surface area contributed by atoms with Gasteiger partial charge in [-0.05, 0) is 24.6 Å².